The summed E-state index contributed by atoms with van der Waals surface area (Å²) in [6, 6.07) is 18.3. The van der Waals surface area contributed by atoms with Crippen molar-refractivity contribution < 1.29 is 14.6 Å². The highest BCUT2D eigenvalue weighted by atomic mass is 35.5. The van der Waals surface area contributed by atoms with E-state index in [-0.39, 0.29) is 5.41 Å². The molecule has 3 aromatic rings. The molecular weight excluding hydrogens is 544 g/mol. The van der Waals surface area contributed by atoms with Gasteiger partial charge in [-0.1, -0.05) is 62.7 Å². The summed E-state index contributed by atoms with van der Waals surface area (Å²) in [5.74, 6) is 2.17. The molecule has 42 heavy (non-hydrogen) atoms. The lowest BCUT2D eigenvalue weighted by atomic mass is 9.59. The molecule has 222 valence electrons. The zero-order chi connectivity index (χ0) is 29.5. The monoisotopic (exact) mass is 586 g/mol. The molecule has 0 radical (unpaired) electrons. The van der Waals surface area contributed by atoms with E-state index in [2.05, 4.69) is 50.4 Å². The summed E-state index contributed by atoms with van der Waals surface area (Å²) in [6.45, 7) is 7.59. The predicted molar refractivity (Wildman–Crippen MR) is 169 cm³/mol. The molecule has 1 spiro atoms. The number of carboxylic acids is 1. The van der Waals surface area contributed by atoms with Crippen LogP contribution in [0.1, 0.15) is 87.6 Å². The van der Waals surface area contributed by atoms with Crippen molar-refractivity contribution in [2.45, 2.75) is 89.0 Å². The first-order chi connectivity index (χ1) is 20.2. The van der Waals surface area contributed by atoms with E-state index in [4.69, 9.17) is 21.3 Å². The van der Waals surface area contributed by atoms with Gasteiger partial charge >= 0.3 is 5.97 Å². The number of hydrogen-bond acceptors (Lipinski definition) is 4. The van der Waals surface area contributed by atoms with E-state index >= 15 is 0 Å². The summed E-state index contributed by atoms with van der Waals surface area (Å²) in [5.41, 5.74) is 5.10. The van der Waals surface area contributed by atoms with Gasteiger partial charge in [0, 0.05) is 28.2 Å². The van der Waals surface area contributed by atoms with Gasteiger partial charge in [-0.15, -0.1) is 0 Å². The van der Waals surface area contributed by atoms with Gasteiger partial charge < -0.3 is 15.2 Å². The molecule has 0 bridgehead atoms. The smallest absolute Gasteiger partial charge is 0.329 e. The highest BCUT2D eigenvalue weighted by molar-refractivity contribution is 6.30. The quantitative estimate of drug-likeness (QED) is 0.277. The van der Waals surface area contributed by atoms with Crippen LogP contribution in [-0.4, -0.2) is 28.2 Å². The van der Waals surface area contributed by atoms with Crippen molar-refractivity contribution in [2.24, 2.45) is 17.8 Å². The normalized spacial score (nSPS) is 29.0. The summed E-state index contributed by atoms with van der Waals surface area (Å²) in [6.07, 6.45) is 9.04. The first-order valence-electron chi connectivity index (χ1n) is 15.7. The SMILES string of the molecule is C[C@@H](COc1ccnc2c1[C@H](C)C[C@@H](C)C2)CC1Cc2ccccc2C12CCC(Nc1cccc(Cl)c1)(C(=O)O)CC2. The molecule has 1 unspecified atom stereocenters. The van der Waals surface area contributed by atoms with Gasteiger partial charge in [0.25, 0.3) is 0 Å². The van der Waals surface area contributed by atoms with Crippen LogP contribution >= 0.6 is 11.6 Å². The topological polar surface area (TPSA) is 71.5 Å². The average molecular weight is 587 g/mol. The molecule has 3 aliphatic carbocycles. The summed E-state index contributed by atoms with van der Waals surface area (Å²) in [7, 11) is 0. The Morgan fingerprint density at radius 2 is 1.88 bits per heavy atom. The molecule has 1 aromatic heterocycles. The van der Waals surface area contributed by atoms with Crippen LogP contribution in [-0.2, 0) is 23.1 Å². The minimum absolute atomic E-state index is 0.0136. The Hall–Kier alpha value is -3.05. The molecule has 2 aromatic carbocycles. The number of halogens is 1. The van der Waals surface area contributed by atoms with E-state index in [1.165, 1.54) is 28.8 Å². The number of anilines is 1. The second-order valence-electron chi connectivity index (χ2n) is 13.5. The molecule has 1 heterocycles. The van der Waals surface area contributed by atoms with Gasteiger partial charge in [-0.3, -0.25) is 4.98 Å². The van der Waals surface area contributed by atoms with Crippen molar-refractivity contribution in [3.63, 3.8) is 0 Å². The first-order valence-corrected chi connectivity index (χ1v) is 16.0. The number of fused-ring (bicyclic) bond motifs is 3. The van der Waals surface area contributed by atoms with Gasteiger partial charge in [0.2, 0.25) is 0 Å². The fraction of sp³-hybridized carbons (Fsp3) is 0.500. The van der Waals surface area contributed by atoms with E-state index in [1.807, 2.05) is 36.5 Å². The Bertz CT molecular complexity index is 1450. The molecule has 0 aliphatic heterocycles. The summed E-state index contributed by atoms with van der Waals surface area (Å²) in [5, 5.41) is 14.4. The molecule has 0 saturated heterocycles. The highest BCUT2D eigenvalue weighted by Crippen LogP contribution is 2.56. The van der Waals surface area contributed by atoms with E-state index in [9.17, 15) is 9.90 Å². The lowest BCUT2D eigenvalue weighted by Crippen LogP contribution is -2.53. The van der Waals surface area contributed by atoms with Gasteiger partial charge in [0.05, 0.1) is 6.61 Å². The lowest BCUT2D eigenvalue weighted by molar-refractivity contribution is -0.144. The molecular formula is C36H43ClN2O3. The number of carbonyl (C=O) groups is 1. The van der Waals surface area contributed by atoms with Crippen LogP contribution < -0.4 is 10.1 Å². The highest BCUT2D eigenvalue weighted by Gasteiger charge is 2.54. The summed E-state index contributed by atoms with van der Waals surface area (Å²) < 4.78 is 6.54. The summed E-state index contributed by atoms with van der Waals surface area (Å²) >= 11 is 6.22. The van der Waals surface area contributed by atoms with E-state index in [0.29, 0.717) is 48.1 Å². The predicted octanol–water partition coefficient (Wildman–Crippen LogP) is 8.45. The van der Waals surface area contributed by atoms with Crippen LogP contribution in [0.5, 0.6) is 5.75 Å². The van der Waals surface area contributed by atoms with Crippen LogP contribution in [0.3, 0.4) is 0 Å². The summed E-state index contributed by atoms with van der Waals surface area (Å²) in [4.78, 5) is 17.4. The number of nitrogens with one attached hydrogen (secondary N) is 1. The van der Waals surface area contributed by atoms with E-state index in [1.54, 1.807) is 0 Å². The van der Waals surface area contributed by atoms with Gasteiger partial charge in [0.1, 0.15) is 11.3 Å². The van der Waals surface area contributed by atoms with Crippen LogP contribution in [0.2, 0.25) is 5.02 Å². The zero-order valence-electron chi connectivity index (χ0n) is 25.0. The minimum atomic E-state index is -0.999. The third-order valence-electron chi connectivity index (χ3n) is 10.4. The Morgan fingerprint density at radius 1 is 1.10 bits per heavy atom. The number of nitrogens with zero attached hydrogens (tertiary/aromatic N) is 1. The molecule has 1 fully saturated rings. The number of benzene rings is 2. The number of aliphatic carboxylic acids is 1. The average Bonchev–Trinajstić information content (AvgIpc) is 3.25. The second kappa shape index (κ2) is 11.6. The van der Waals surface area contributed by atoms with Crippen LogP contribution in [0.25, 0.3) is 0 Å². The fourth-order valence-corrected chi connectivity index (χ4v) is 8.63. The van der Waals surface area contributed by atoms with Crippen molar-refractivity contribution in [3.8, 4) is 5.75 Å². The molecule has 0 amide bonds. The number of hydrogen-bond donors (Lipinski definition) is 2. The van der Waals surface area contributed by atoms with Gasteiger partial charge in [-0.05, 0) is 116 Å². The van der Waals surface area contributed by atoms with E-state index < -0.39 is 11.5 Å². The third kappa shape index (κ3) is 5.41. The Kier molecular flexibility index (Phi) is 7.99. The largest absolute Gasteiger partial charge is 0.493 e. The lowest BCUT2D eigenvalue weighted by Gasteiger charge is -2.47. The van der Waals surface area contributed by atoms with Crippen molar-refractivity contribution in [3.05, 3.63) is 88.2 Å². The Labute approximate surface area is 255 Å². The standard InChI is InChI=1S/C36H43ClN2O3/c1-23-17-25(3)33-31(19-23)38-16-11-32(33)42-22-24(2)18-27-20-26-7-4-5-10-30(26)35(27)12-14-36(15-13-35,34(40)41)39-29-9-6-8-28(37)21-29/h4-11,16,21,23-25,27,39H,12-15,17-20,22H2,1-3H3,(H,40,41)/t23-,24-,25-,27?,35?,36?/m1/s1. The molecule has 2 N–H and O–H groups in total. The van der Waals surface area contributed by atoms with Crippen LogP contribution in [0.15, 0.2) is 60.8 Å². The molecule has 5 nitrogen and oxygen atoms in total. The first kappa shape index (κ1) is 29.0. The number of ether oxygens (including phenoxy) is 1. The molecule has 4 atom stereocenters. The van der Waals surface area contributed by atoms with Crippen LogP contribution in [0, 0.1) is 17.8 Å². The maximum absolute atomic E-state index is 12.7. The number of carboxylic acid groups (broad SMARTS) is 1. The van der Waals surface area contributed by atoms with Crippen molar-refractivity contribution in [2.75, 3.05) is 11.9 Å². The number of pyridine rings is 1. The Balaban J connectivity index is 1.19. The molecule has 1 saturated carbocycles. The minimum Gasteiger partial charge on any atom is -0.493 e. The maximum Gasteiger partial charge on any atom is 0.329 e. The molecule has 6 heteroatoms. The van der Waals surface area contributed by atoms with Gasteiger partial charge in [-0.2, -0.15) is 0 Å². The zero-order valence-corrected chi connectivity index (χ0v) is 25.8. The van der Waals surface area contributed by atoms with E-state index in [0.717, 1.165) is 43.5 Å². The number of aromatic nitrogens is 1. The van der Waals surface area contributed by atoms with Crippen molar-refractivity contribution in [1.29, 1.82) is 0 Å². The van der Waals surface area contributed by atoms with Crippen molar-refractivity contribution in [1.82, 2.24) is 4.98 Å². The molecule has 3 aliphatic rings. The second-order valence-corrected chi connectivity index (χ2v) is 13.9. The van der Waals surface area contributed by atoms with Crippen molar-refractivity contribution >= 4 is 23.3 Å². The van der Waals surface area contributed by atoms with Gasteiger partial charge in [0.15, 0.2) is 0 Å². The van der Waals surface area contributed by atoms with Gasteiger partial charge in [-0.25, -0.2) is 4.79 Å². The number of rotatable bonds is 8. The maximum atomic E-state index is 12.7. The molecule has 6 rings (SSSR count). The third-order valence-corrected chi connectivity index (χ3v) is 10.7. The Morgan fingerprint density at radius 3 is 2.64 bits per heavy atom. The fourth-order valence-electron chi connectivity index (χ4n) is 8.44. The van der Waals surface area contributed by atoms with Crippen LogP contribution in [0.4, 0.5) is 5.69 Å².